The molecule has 0 spiro atoms. The Morgan fingerprint density at radius 3 is 2.55 bits per heavy atom. The van der Waals surface area contributed by atoms with Crippen LogP contribution in [0.15, 0.2) is 24.4 Å². The van der Waals surface area contributed by atoms with Gasteiger partial charge in [0.2, 0.25) is 0 Å². The lowest BCUT2D eigenvalue weighted by Gasteiger charge is -2.20. The average molecular weight is 307 g/mol. The molecule has 2 aromatic rings. The molecule has 22 heavy (non-hydrogen) atoms. The molecule has 0 bridgehead atoms. The van der Waals surface area contributed by atoms with Crippen LogP contribution in [-0.2, 0) is 6.54 Å². The minimum Gasteiger partial charge on any atom is -0.505 e. The molecule has 0 amide bonds. The third-order valence-electron chi connectivity index (χ3n) is 3.35. The van der Waals surface area contributed by atoms with Crippen molar-refractivity contribution in [3.8, 4) is 5.75 Å². The summed E-state index contributed by atoms with van der Waals surface area (Å²) in [5.74, 6) is -0.123. The average Bonchev–Trinajstić information content (AvgIpc) is 2.50. The molecule has 0 saturated carbocycles. The summed E-state index contributed by atoms with van der Waals surface area (Å²) < 4.78 is 0. The number of pyridine rings is 1. The number of nitro groups is 1. The highest BCUT2D eigenvalue weighted by molar-refractivity contribution is 5.93. The fraction of sp³-hybridized carbons (Fsp3) is 0.357. The van der Waals surface area contributed by atoms with Gasteiger partial charge in [0.25, 0.3) is 5.69 Å². The van der Waals surface area contributed by atoms with Crippen molar-refractivity contribution in [2.45, 2.75) is 6.54 Å². The highest BCUT2D eigenvalue weighted by Crippen LogP contribution is 2.34. The maximum atomic E-state index is 11.2. The van der Waals surface area contributed by atoms with Crippen molar-refractivity contribution in [2.24, 2.45) is 0 Å². The van der Waals surface area contributed by atoms with E-state index in [1.807, 2.05) is 0 Å². The van der Waals surface area contributed by atoms with Gasteiger partial charge in [-0.25, -0.2) is 0 Å². The molecule has 0 unspecified atom stereocenters. The van der Waals surface area contributed by atoms with Gasteiger partial charge >= 0.3 is 0 Å². The van der Waals surface area contributed by atoms with E-state index in [0.29, 0.717) is 5.56 Å². The number of fused-ring (bicyclic) bond motifs is 1. The normalized spacial score (nSPS) is 11.2. The first-order chi connectivity index (χ1) is 10.6. The van der Waals surface area contributed by atoms with Gasteiger partial charge in [-0.15, -0.1) is 0 Å². The molecule has 1 aromatic heterocycles. The molecule has 1 aromatic carbocycles. The van der Waals surface area contributed by atoms with Crippen molar-refractivity contribution < 1.29 is 20.2 Å². The smallest absolute Gasteiger partial charge is 0.279 e. The summed E-state index contributed by atoms with van der Waals surface area (Å²) in [6.07, 6.45) is 1.45. The van der Waals surface area contributed by atoms with E-state index < -0.39 is 4.92 Å². The second-order valence-electron chi connectivity index (χ2n) is 4.78. The van der Waals surface area contributed by atoms with Crippen LogP contribution in [0, 0.1) is 10.1 Å². The number of nitrogens with zero attached hydrogens (tertiary/aromatic N) is 3. The second kappa shape index (κ2) is 7.12. The van der Waals surface area contributed by atoms with Crippen LogP contribution < -0.4 is 0 Å². The van der Waals surface area contributed by atoms with Crippen LogP contribution in [0.3, 0.4) is 0 Å². The van der Waals surface area contributed by atoms with Gasteiger partial charge in [-0.1, -0.05) is 0 Å². The van der Waals surface area contributed by atoms with Crippen molar-refractivity contribution in [1.29, 1.82) is 0 Å². The van der Waals surface area contributed by atoms with E-state index in [0.717, 1.165) is 0 Å². The number of hydrogen-bond donors (Lipinski definition) is 3. The molecule has 0 aliphatic rings. The standard InChI is InChI=1S/C14H17N3O5/c18-6-4-16(5-7-19)9-10-8-12(17(21)22)11-2-1-3-15-13(11)14(10)20/h1-3,8,18-20H,4-7,9H2. The Bertz CT molecular complexity index is 671. The molecule has 0 radical (unpaired) electrons. The van der Waals surface area contributed by atoms with E-state index in [2.05, 4.69) is 4.98 Å². The number of aromatic hydroxyl groups is 1. The fourth-order valence-electron chi connectivity index (χ4n) is 2.33. The summed E-state index contributed by atoms with van der Waals surface area (Å²) in [7, 11) is 0. The van der Waals surface area contributed by atoms with E-state index in [1.54, 1.807) is 11.0 Å². The maximum Gasteiger partial charge on any atom is 0.279 e. The van der Waals surface area contributed by atoms with Gasteiger partial charge < -0.3 is 15.3 Å². The number of rotatable bonds is 7. The maximum absolute atomic E-state index is 11.2. The van der Waals surface area contributed by atoms with Crippen LogP contribution in [0.2, 0.25) is 0 Å². The van der Waals surface area contributed by atoms with Gasteiger partial charge in [-0.05, 0) is 12.1 Å². The van der Waals surface area contributed by atoms with Crippen molar-refractivity contribution in [3.63, 3.8) is 0 Å². The highest BCUT2D eigenvalue weighted by atomic mass is 16.6. The second-order valence-corrected chi connectivity index (χ2v) is 4.78. The molecule has 0 aliphatic carbocycles. The van der Waals surface area contributed by atoms with Gasteiger partial charge in [-0.2, -0.15) is 0 Å². The zero-order chi connectivity index (χ0) is 16.1. The van der Waals surface area contributed by atoms with Crippen LogP contribution >= 0.6 is 0 Å². The first-order valence-corrected chi connectivity index (χ1v) is 6.76. The van der Waals surface area contributed by atoms with Crippen LogP contribution in [0.5, 0.6) is 5.75 Å². The Morgan fingerprint density at radius 2 is 1.95 bits per heavy atom. The number of phenols is 1. The van der Waals surface area contributed by atoms with Crippen LogP contribution in [0.25, 0.3) is 10.9 Å². The van der Waals surface area contributed by atoms with Crippen LogP contribution in [0.1, 0.15) is 5.56 Å². The van der Waals surface area contributed by atoms with Gasteiger partial charge in [0.05, 0.1) is 23.5 Å². The Labute approximate surface area is 126 Å². The quantitative estimate of drug-likeness (QED) is 0.507. The molecule has 0 fully saturated rings. The van der Waals surface area contributed by atoms with E-state index in [-0.39, 0.29) is 55.2 Å². The number of nitro benzene ring substituents is 1. The molecule has 2 rings (SSSR count). The summed E-state index contributed by atoms with van der Waals surface area (Å²) in [5.41, 5.74) is 0.364. The molecule has 8 heteroatoms. The first-order valence-electron chi connectivity index (χ1n) is 6.76. The molecule has 0 saturated heterocycles. The third-order valence-corrected chi connectivity index (χ3v) is 3.35. The monoisotopic (exact) mass is 307 g/mol. The lowest BCUT2D eigenvalue weighted by Crippen LogP contribution is -2.29. The Balaban J connectivity index is 2.49. The highest BCUT2D eigenvalue weighted by Gasteiger charge is 2.20. The number of aliphatic hydroxyl groups is 2. The van der Waals surface area contributed by atoms with Crippen LogP contribution in [0.4, 0.5) is 5.69 Å². The SMILES string of the molecule is O=[N+]([O-])c1cc(CN(CCO)CCO)c(O)c2ncccc12. The van der Waals surface area contributed by atoms with Crippen molar-refractivity contribution in [3.05, 3.63) is 40.1 Å². The molecule has 3 N–H and O–H groups in total. The number of non-ortho nitro benzene ring substituents is 1. The molecule has 0 aliphatic heterocycles. The van der Waals surface area contributed by atoms with Crippen molar-refractivity contribution in [1.82, 2.24) is 9.88 Å². The van der Waals surface area contributed by atoms with Crippen LogP contribution in [-0.4, -0.2) is 56.4 Å². The molecule has 1 heterocycles. The number of hydrogen-bond acceptors (Lipinski definition) is 7. The largest absolute Gasteiger partial charge is 0.505 e. The molecular formula is C14H17N3O5. The lowest BCUT2D eigenvalue weighted by atomic mass is 10.1. The Morgan fingerprint density at radius 1 is 1.27 bits per heavy atom. The predicted molar refractivity (Wildman–Crippen MR) is 79.5 cm³/mol. The van der Waals surface area contributed by atoms with Crippen molar-refractivity contribution in [2.75, 3.05) is 26.3 Å². The summed E-state index contributed by atoms with van der Waals surface area (Å²) in [6.45, 7) is 0.506. The number of phenolic OH excluding ortho intramolecular Hbond substituents is 1. The van der Waals surface area contributed by atoms with Gasteiger partial charge in [-0.3, -0.25) is 20.0 Å². The molecular weight excluding hydrogens is 290 g/mol. The summed E-state index contributed by atoms with van der Waals surface area (Å²) in [4.78, 5) is 16.4. The first kappa shape index (κ1) is 16.1. The zero-order valence-corrected chi connectivity index (χ0v) is 11.8. The minimum absolute atomic E-state index is 0.116. The summed E-state index contributed by atoms with van der Waals surface area (Å²) >= 11 is 0. The zero-order valence-electron chi connectivity index (χ0n) is 11.8. The van der Waals surface area contributed by atoms with Gasteiger partial charge in [0, 0.05) is 37.5 Å². The van der Waals surface area contributed by atoms with E-state index in [4.69, 9.17) is 10.2 Å². The topological polar surface area (TPSA) is 120 Å². The van der Waals surface area contributed by atoms with Crippen molar-refractivity contribution >= 4 is 16.6 Å². The molecule has 0 atom stereocenters. The third kappa shape index (κ3) is 3.30. The molecule has 118 valence electrons. The summed E-state index contributed by atoms with van der Waals surface area (Å²) in [6, 6.07) is 4.41. The number of aromatic nitrogens is 1. The van der Waals surface area contributed by atoms with E-state index in [9.17, 15) is 15.2 Å². The number of benzene rings is 1. The van der Waals surface area contributed by atoms with Gasteiger partial charge in [0.1, 0.15) is 11.3 Å². The Kier molecular flexibility index (Phi) is 5.21. The minimum atomic E-state index is -0.518. The summed E-state index contributed by atoms with van der Waals surface area (Å²) in [5, 5.41) is 39.8. The Hall–Kier alpha value is -2.29. The molecule has 8 nitrogen and oxygen atoms in total. The fourth-order valence-corrected chi connectivity index (χ4v) is 2.33. The lowest BCUT2D eigenvalue weighted by molar-refractivity contribution is -0.383. The number of aliphatic hydroxyl groups excluding tert-OH is 2. The van der Waals surface area contributed by atoms with E-state index in [1.165, 1.54) is 18.3 Å². The van der Waals surface area contributed by atoms with E-state index >= 15 is 0 Å². The van der Waals surface area contributed by atoms with Gasteiger partial charge in [0.15, 0.2) is 0 Å². The predicted octanol–water partition coefficient (Wildman–Crippen LogP) is 0.635.